The lowest BCUT2D eigenvalue weighted by atomic mass is 10.2. The molecule has 1 saturated heterocycles. The summed E-state index contributed by atoms with van der Waals surface area (Å²) in [7, 11) is -2.93. The van der Waals surface area contributed by atoms with Gasteiger partial charge >= 0.3 is 5.69 Å². The van der Waals surface area contributed by atoms with E-state index >= 15 is 0 Å². The van der Waals surface area contributed by atoms with Crippen LogP contribution in [0.1, 0.15) is 12.2 Å². The molecular formula is C10H13N5O3S. The number of sulfone groups is 1. The van der Waals surface area contributed by atoms with Crippen molar-refractivity contribution in [1.82, 2.24) is 19.6 Å². The number of H-pyrrole nitrogens is 1. The van der Waals surface area contributed by atoms with Crippen LogP contribution in [-0.2, 0) is 9.84 Å². The molecule has 1 fully saturated rings. The first kappa shape index (κ1) is 12.2. The zero-order chi connectivity index (χ0) is 13.6. The van der Waals surface area contributed by atoms with Crippen molar-refractivity contribution >= 4 is 21.3 Å². The van der Waals surface area contributed by atoms with Gasteiger partial charge in [-0.2, -0.15) is 5.10 Å². The number of rotatable bonds is 2. The summed E-state index contributed by atoms with van der Waals surface area (Å²) >= 11 is 0. The van der Waals surface area contributed by atoms with E-state index in [1.54, 1.807) is 13.0 Å². The zero-order valence-corrected chi connectivity index (χ0v) is 11.1. The second-order valence-corrected chi connectivity index (χ2v) is 6.88. The SMILES string of the molecule is Cc1nc(NC2CCS(=O)(=O)C2)cc2n[nH]c(=O)n12. The van der Waals surface area contributed by atoms with Gasteiger partial charge in [0.05, 0.1) is 11.5 Å². The van der Waals surface area contributed by atoms with Crippen LogP contribution in [0, 0.1) is 6.92 Å². The predicted molar refractivity (Wildman–Crippen MR) is 69.0 cm³/mol. The van der Waals surface area contributed by atoms with E-state index in [9.17, 15) is 13.2 Å². The van der Waals surface area contributed by atoms with Crippen molar-refractivity contribution < 1.29 is 8.42 Å². The van der Waals surface area contributed by atoms with Crippen LogP contribution in [0.25, 0.3) is 5.65 Å². The van der Waals surface area contributed by atoms with Crippen LogP contribution in [0.15, 0.2) is 10.9 Å². The molecule has 102 valence electrons. The Hall–Kier alpha value is -1.90. The Morgan fingerprint density at radius 2 is 2.32 bits per heavy atom. The van der Waals surface area contributed by atoms with Crippen LogP contribution in [0.4, 0.5) is 5.82 Å². The van der Waals surface area contributed by atoms with Gasteiger partial charge in [0.2, 0.25) is 0 Å². The van der Waals surface area contributed by atoms with Crippen LogP contribution >= 0.6 is 0 Å². The van der Waals surface area contributed by atoms with Crippen LogP contribution in [-0.4, -0.2) is 45.5 Å². The average molecular weight is 283 g/mol. The fraction of sp³-hybridized carbons (Fsp3) is 0.500. The van der Waals surface area contributed by atoms with Crippen LogP contribution in [0.5, 0.6) is 0 Å². The molecule has 2 aromatic heterocycles. The van der Waals surface area contributed by atoms with E-state index in [0.717, 1.165) is 0 Å². The summed E-state index contributed by atoms with van der Waals surface area (Å²) in [4.78, 5) is 15.7. The lowest BCUT2D eigenvalue weighted by Crippen LogP contribution is -2.22. The molecule has 0 bridgehead atoms. The third-order valence-corrected chi connectivity index (χ3v) is 4.92. The molecular weight excluding hydrogens is 270 g/mol. The maximum atomic E-state index is 11.4. The van der Waals surface area contributed by atoms with Crippen molar-refractivity contribution in [3.05, 3.63) is 22.4 Å². The first-order valence-electron chi connectivity index (χ1n) is 5.86. The monoisotopic (exact) mass is 283 g/mol. The molecule has 2 aromatic rings. The lowest BCUT2D eigenvalue weighted by Gasteiger charge is -2.12. The Labute approximate surface area is 108 Å². The number of fused-ring (bicyclic) bond motifs is 1. The van der Waals surface area contributed by atoms with Gasteiger partial charge in [-0.3, -0.25) is 0 Å². The molecule has 3 heterocycles. The summed E-state index contributed by atoms with van der Waals surface area (Å²) in [6, 6.07) is 1.49. The molecule has 3 rings (SSSR count). The van der Waals surface area contributed by atoms with Crippen LogP contribution < -0.4 is 11.0 Å². The largest absolute Gasteiger partial charge is 0.366 e. The highest BCUT2D eigenvalue weighted by Gasteiger charge is 2.28. The van der Waals surface area contributed by atoms with Gasteiger partial charge in [-0.15, -0.1) is 0 Å². The molecule has 1 unspecified atom stereocenters. The first-order valence-corrected chi connectivity index (χ1v) is 7.68. The van der Waals surface area contributed by atoms with E-state index in [0.29, 0.717) is 23.7 Å². The molecule has 0 spiro atoms. The van der Waals surface area contributed by atoms with Crippen molar-refractivity contribution in [3.63, 3.8) is 0 Å². The van der Waals surface area contributed by atoms with Gasteiger partial charge in [-0.1, -0.05) is 0 Å². The summed E-state index contributed by atoms with van der Waals surface area (Å²) in [5, 5.41) is 9.29. The van der Waals surface area contributed by atoms with Crippen LogP contribution in [0.2, 0.25) is 0 Å². The summed E-state index contributed by atoms with van der Waals surface area (Å²) in [6.45, 7) is 1.69. The molecule has 19 heavy (non-hydrogen) atoms. The van der Waals surface area contributed by atoms with Gasteiger partial charge in [0.15, 0.2) is 15.5 Å². The van der Waals surface area contributed by atoms with E-state index in [2.05, 4.69) is 20.5 Å². The van der Waals surface area contributed by atoms with Crippen molar-refractivity contribution in [2.24, 2.45) is 0 Å². The highest BCUT2D eigenvalue weighted by Crippen LogP contribution is 2.17. The fourth-order valence-electron chi connectivity index (χ4n) is 2.29. The van der Waals surface area contributed by atoms with Crippen molar-refractivity contribution in [3.8, 4) is 0 Å². The maximum absolute atomic E-state index is 11.4. The highest BCUT2D eigenvalue weighted by molar-refractivity contribution is 7.91. The summed E-state index contributed by atoms with van der Waals surface area (Å²) in [6.07, 6.45) is 0.571. The summed E-state index contributed by atoms with van der Waals surface area (Å²) in [5.74, 6) is 1.35. The Morgan fingerprint density at radius 1 is 1.53 bits per heavy atom. The molecule has 0 radical (unpaired) electrons. The van der Waals surface area contributed by atoms with Crippen LogP contribution in [0.3, 0.4) is 0 Å². The fourth-order valence-corrected chi connectivity index (χ4v) is 3.96. The van der Waals surface area contributed by atoms with Gasteiger partial charge in [0.1, 0.15) is 11.6 Å². The van der Waals surface area contributed by atoms with Crippen molar-refractivity contribution in [2.45, 2.75) is 19.4 Å². The molecule has 9 heteroatoms. The number of nitrogens with zero attached hydrogens (tertiary/aromatic N) is 3. The average Bonchev–Trinajstić information content (AvgIpc) is 2.83. The lowest BCUT2D eigenvalue weighted by molar-refractivity contribution is 0.602. The van der Waals surface area contributed by atoms with E-state index in [1.807, 2.05) is 0 Å². The first-order chi connectivity index (χ1) is 8.94. The number of aryl methyl sites for hydroxylation is 1. The van der Waals surface area contributed by atoms with Gasteiger partial charge < -0.3 is 5.32 Å². The van der Waals surface area contributed by atoms with E-state index in [1.165, 1.54) is 4.40 Å². The number of hydrogen-bond donors (Lipinski definition) is 2. The molecule has 1 aliphatic heterocycles. The Kier molecular flexibility index (Phi) is 2.59. The third-order valence-electron chi connectivity index (χ3n) is 3.15. The molecule has 0 saturated carbocycles. The topological polar surface area (TPSA) is 109 Å². The summed E-state index contributed by atoms with van der Waals surface area (Å²) in [5.41, 5.74) is 0.121. The Morgan fingerprint density at radius 3 is 3.00 bits per heavy atom. The second-order valence-electron chi connectivity index (χ2n) is 4.66. The molecule has 8 nitrogen and oxygen atoms in total. The van der Waals surface area contributed by atoms with Crippen molar-refractivity contribution in [2.75, 3.05) is 16.8 Å². The molecule has 0 aromatic carbocycles. The van der Waals surface area contributed by atoms with Crippen molar-refractivity contribution in [1.29, 1.82) is 0 Å². The highest BCUT2D eigenvalue weighted by atomic mass is 32.2. The third kappa shape index (κ3) is 2.21. The predicted octanol–water partition coefficient (Wildman–Crippen LogP) is -0.675. The smallest absolute Gasteiger partial charge is 0.349 e. The number of aromatic amines is 1. The minimum absolute atomic E-state index is 0.117. The number of hydrogen-bond acceptors (Lipinski definition) is 6. The molecule has 1 aliphatic rings. The van der Waals surface area contributed by atoms with Gasteiger partial charge in [-0.05, 0) is 13.3 Å². The summed E-state index contributed by atoms with van der Waals surface area (Å²) < 4.78 is 24.1. The number of anilines is 1. The quantitative estimate of drug-likeness (QED) is 0.756. The minimum atomic E-state index is -2.93. The van der Waals surface area contributed by atoms with Gasteiger partial charge in [0.25, 0.3) is 0 Å². The second kappa shape index (κ2) is 4.05. The molecule has 2 N–H and O–H groups in total. The Balaban J connectivity index is 1.92. The molecule has 0 amide bonds. The van der Waals surface area contributed by atoms with Gasteiger partial charge in [0, 0.05) is 12.1 Å². The van der Waals surface area contributed by atoms with E-state index < -0.39 is 9.84 Å². The standard InChI is InChI=1S/C10H13N5O3S/c1-6-11-8(4-9-13-14-10(16)15(6)9)12-7-2-3-19(17,18)5-7/h4,7,12H,2-3,5H2,1H3,(H,14,16). The van der Waals surface area contributed by atoms with E-state index in [4.69, 9.17) is 0 Å². The van der Waals surface area contributed by atoms with Gasteiger partial charge in [-0.25, -0.2) is 27.7 Å². The molecule has 0 aliphatic carbocycles. The van der Waals surface area contributed by atoms with E-state index in [-0.39, 0.29) is 23.2 Å². The normalized spacial score (nSPS) is 21.8. The minimum Gasteiger partial charge on any atom is -0.366 e. The molecule has 1 atom stereocenters. The Bertz CT molecular complexity index is 791. The number of aromatic nitrogens is 4. The zero-order valence-electron chi connectivity index (χ0n) is 10.3. The number of nitrogens with one attached hydrogen (secondary N) is 2. The maximum Gasteiger partial charge on any atom is 0.349 e.